The van der Waals surface area contributed by atoms with Gasteiger partial charge < -0.3 is 15.2 Å². The van der Waals surface area contributed by atoms with Crippen molar-refractivity contribution in [3.05, 3.63) is 0 Å². The molecule has 94 valence electrons. The van der Waals surface area contributed by atoms with Crippen LogP contribution >= 0.6 is 0 Å². The van der Waals surface area contributed by atoms with Crippen LogP contribution in [0.15, 0.2) is 0 Å². The predicted octanol–water partition coefficient (Wildman–Crippen LogP) is 1.64. The van der Waals surface area contributed by atoms with Crippen molar-refractivity contribution in [1.29, 1.82) is 0 Å². The van der Waals surface area contributed by atoms with Gasteiger partial charge in [0.1, 0.15) is 0 Å². The first-order valence-electron chi connectivity index (χ1n) is 6.20. The van der Waals surface area contributed by atoms with Gasteiger partial charge in [-0.05, 0) is 32.1 Å². The Morgan fingerprint density at radius 3 is 3.00 bits per heavy atom. The quantitative estimate of drug-likeness (QED) is 0.697. The van der Waals surface area contributed by atoms with Gasteiger partial charge >= 0.3 is 5.97 Å². The second-order valence-electron chi connectivity index (χ2n) is 4.61. The summed E-state index contributed by atoms with van der Waals surface area (Å²) in [6.45, 7) is 6.00. The summed E-state index contributed by atoms with van der Waals surface area (Å²) >= 11 is 0. The Bertz CT molecular complexity index is 220. The van der Waals surface area contributed by atoms with Crippen LogP contribution in [0.1, 0.15) is 39.5 Å². The van der Waals surface area contributed by atoms with E-state index in [1.807, 2.05) is 6.92 Å². The van der Waals surface area contributed by atoms with E-state index in [1.54, 1.807) is 0 Å². The van der Waals surface area contributed by atoms with Gasteiger partial charge in [-0.15, -0.1) is 0 Å². The first-order valence-corrected chi connectivity index (χ1v) is 6.20. The second kappa shape index (κ2) is 6.86. The fourth-order valence-corrected chi connectivity index (χ4v) is 2.17. The molecule has 0 radical (unpaired) electrons. The molecule has 1 heterocycles. The van der Waals surface area contributed by atoms with Gasteiger partial charge in [-0.2, -0.15) is 0 Å². The lowest BCUT2D eigenvalue weighted by Crippen LogP contribution is -2.34. The number of carboxylic acid groups (broad SMARTS) is 1. The van der Waals surface area contributed by atoms with Gasteiger partial charge in [0, 0.05) is 25.6 Å². The summed E-state index contributed by atoms with van der Waals surface area (Å²) in [4.78, 5) is 10.4. The summed E-state index contributed by atoms with van der Waals surface area (Å²) in [5, 5.41) is 12.0. The van der Waals surface area contributed by atoms with Gasteiger partial charge in [0.05, 0.1) is 6.10 Å². The Labute approximate surface area is 97.4 Å². The minimum Gasteiger partial charge on any atom is -0.481 e. The molecule has 0 saturated carbocycles. The first-order chi connectivity index (χ1) is 7.63. The maximum atomic E-state index is 10.4. The molecule has 0 aromatic heterocycles. The molecule has 1 aliphatic heterocycles. The highest BCUT2D eigenvalue weighted by molar-refractivity contribution is 5.66. The lowest BCUT2D eigenvalue weighted by Gasteiger charge is -2.20. The Kier molecular flexibility index (Phi) is 5.77. The van der Waals surface area contributed by atoms with Crippen LogP contribution in [0.5, 0.6) is 0 Å². The fourth-order valence-electron chi connectivity index (χ4n) is 2.17. The number of ether oxygens (including phenoxy) is 1. The molecular weight excluding hydrogens is 206 g/mol. The standard InChI is InChI=1S/C12H23NO3/c1-3-11-10(6-7-16-11)8-13-9(2)4-5-12(14)15/h9-11,13H,3-8H2,1-2H3,(H,14,15). The van der Waals surface area contributed by atoms with Gasteiger partial charge in [-0.3, -0.25) is 4.79 Å². The number of hydrogen-bond donors (Lipinski definition) is 2. The Morgan fingerprint density at radius 2 is 2.38 bits per heavy atom. The highest BCUT2D eigenvalue weighted by atomic mass is 16.5. The van der Waals surface area contributed by atoms with Gasteiger partial charge in [-0.25, -0.2) is 0 Å². The second-order valence-corrected chi connectivity index (χ2v) is 4.61. The molecule has 3 atom stereocenters. The summed E-state index contributed by atoms with van der Waals surface area (Å²) in [5.41, 5.74) is 0. The SMILES string of the molecule is CCC1OCCC1CNC(C)CCC(=O)O. The molecule has 1 fully saturated rings. The minimum atomic E-state index is -0.718. The van der Waals surface area contributed by atoms with Crippen LogP contribution in [0.4, 0.5) is 0 Å². The minimum absolute atomic E-state index is 0.243. The third-order valence-corrected chi connectivity index (χ3v) is 3.27. The Hall–Kier alpha value is -0.610. The van der Waals surface area contributed by atoms with Crippen LogP contribution in [-0.4, -0.2) is 36.4 Å². The lowest BCUT2D eigenvalue weighted by atomic mass is 9.99. The Morgan fingerprint density at radius 1 is 1.62 bits per heavy atom. The lowest BCUT2D eigenvalue weighted by molar-refractivity contribution is -0.137. The monoisotopic (exact) mass is 229 g/mol. The van der Waals surface area contributed by atoms with Crippen molar-refractivity contribution >= 4 is 5.97 Å². The summed E-state index contributed by atoms with van der Waals surface area (Å²) in [6, 6.07) is 0.272. The maximum Gasteiger partial charge on any atom is 0.303 e. The normalized spacial score (nSPS) is 26.9. The summed E-state index contributed by atoms with van der Waals surface area (Å²) in [5.74, 6) is -0.124. The molecule has 0 aliphatic carbocycles. The van der Waals surface area contributed by atoms with Crippen molar-refractivity contribution in [1.82, 2.24) is 5.32 Å². The molecule has 1 aliphatic rings. The number of nitrogens with one attached hydrogen (secondary N) is 1. The maximum absolute atomic E-state index is 10.4. The van der Waals surface area contributed by atoms with E-state index in [0.717, 1.165) is 26.0 Å². The largest absolute Gasteiger partial charge is 0.481 e. The van der Waals surface area contributed by atoms with E-state index >= 15 is 0 Å². The van der Waals surface area contributed by atoms with E-state index in [0.29, 0.717) is 18.4 Å². The first kappa shape index (κ1) is 13.5. The van der Waals surface area contributed by atoms with E-state index in [1.165, 1.54) is 0 Å². The molecule has 4 heteroatoms. The molecule has 1 rings (SSSR count). The van der Waals surface area contributed by atoms with Crippen molar-refractivity contribution in [3.8, 4) is 0 Å². The van der Waals surface area contributed by atoms with Crippen molar-refractivity contribution in [2.24, 2.45) is 5.92 Å². The van der Waals surface area contributed by atoms with Crippen molar-refractivity contribution in [3.63, 3.8) is 0 Å². The third-order valence-electron chi connectivity index (χ3n) is 3.27. The molecule has 0 amide bonds. The van der Waals surface area contributed by atoms with Crippen molar-refractivity contribution in [2.75, 3.05) is 13.2 Å². The van der Waals surface area contributed by atoms with Crippen LogP contribution in [-0.2, 0) is 9.53 Å². The molecular formula is C12H23NO3. The van der Waals surface area contributed by atoms with Crippen LogP contribution in [0, 0.1) is 5.92 Å². The number of hydrogen-bond acceptors (Lipinski definition) is 3. The average Bonchev–Trinajstić information content (AvgIpc) is 2.70. The number of rotatable bonds is 7. The van der Waals surface area contributed by atoms with Gasteiger partial charge in [0.2, 0.25) is 0 Å². The molecule has 2 N–H and O–H groups in total. The van der Waals surface area contributed by atoms with Crippen LogP contribution in [0.2, 0.25) is 0 Å². The molecule has 3 unspecified atom stereocenters. The van der Waals surface area contributed by atoms with E-state index < -0.39 is 5.97 Å². The average molecular weight is 229 g/mol. The molecule has 0 aromatic carbocycles. The number of carboxylic acids is 1. The number of carbonyl (C=O) groups is 1. The molecule has 4 nitrogen and oxygen atoms in total. The van der Waals surface area contributed by atoms with Crippen LogP contribution in [0.3, 0.4) is 0 Å². The molecule has 0 bridgehead atoms. The van der Waals surface area contributed by atoms with Crippen molar-refractivity contribution < 1.29 is 14.6 Å². The zero-order valence-corrected chi connectivity index (χ0v) is 10.2. The molecule has 0 aromatic rings. The zero-order valence-electron chi connectivity index (χ0n) is 10.2. The molecule has 16 heavy (non-hydrogen) atoms. The third kappa shape index (κ3) is 4.49. The van der Waals surface area contributed by atoms with Gasteiger partial charge in [0.25, 0.3) is 0 Å². The highest BCUT2D eigenvalue weighted by Gasteiger charge is 2.26. The van der Waals surface area contributed by atoms with E-state index in [9.17, 15) is 4.79 Å². The predicted molar refractivity (Wildman–Crippen MR) is 62.5 cm³/mol. The van der Waals surface area contributed by atoms with Gasteiger partial charge in [0.15, 0.2) is 0 Å². The van der Waals surface area contributed by atoms with E-state index in [-0.39, 0.29) is 12.5 Å². The van der Waals surface area contributed by atoms with Crippen molar-refractivity contribution in [2.45, 2.75) is 51.7 Å². The molecule has 1 saturated heterocycles. The Balaban J connectivity index is 2.15. The van der Waals surface area contributed by atoms with Crippen LogP contribution in [0.25, 0.3) is 0 Å². The van der Waals surface area contributed by atoms with E-state index in [4.69, 9.17) is 9.84 Å². The highest BCUT2D eigenvalue weighted by Crippen LogP contribution is 2.22. The number of aliphatic carboxylic acids is 1. The van der Waals surface area contributed by atoms with Gasteiger partial charge in [-0.1, -0.05) is 6.92 Å². The smallest absolute Gasteiger partial charge is 0.303 e. The van der Waals surface area contributed by atoms with E-state index in [2.05, 4.69) is 12.2 Å². The topological polar surface area (TPSA) is 58.6 Å². The summed E-state index contributed by atoms with van der Waals surface area (Å²) < 4.78 is 5.61. The zero-order chi connectivity index (χ0) is 12.0. The summed E-state index contributed by atoms with van der Waals surface area (Å²) in [6.07, 6.45) is 3.51. The molecule has 0 spiro atoms. The summed E-state index contributed by atoms with van der Waals surface area (Å²) in [7, 11) is 0. The fraction of sp³-hybridized carbons (Fsp3) is 0.917. The van der Waals surface area contributed by atoms with Crippen LogP contribution < -0.4 is 5.32 Å².